The fourth-order valence-corrected chi connectivity index (χ4v) is 1.70. The minimum Gasteiger partial charge on any atom is -0.380 e. The molecule has 4 heteroatoms. The molecule has 0 aliphatic heterocycles. The number of pyridine rings is 1. The molecule has 0 aliphatic carbocycles. The van der Waals surface area contributed by atoms with Gasteiger partial charge in [-0.25, -0.2) is 4.98 Å². The van der Waals surface area contributed by atoms with E-state index < -0.39 is 0 Å². The van der Waals surface area contributed by atoms with E-state index in [-0.39, 0.29) is 0 Å². The number of ether oxygens (including phenoxy) is 1. The Labute approximate surface area is 105 Å². The molecule has 0 saturated carbocycles. The summed E-state index contributed by atoms with van der Waals surface area (Å²) in [7, 11) is 1.68. The van der Waals surface area contributed by atoms with Gasteiger partial charge in [0.2, 0.25) is 0 Å². The predicted octanol–water partition coefficient (Wildman–Crippen LogP) is 3.63. The molecule has 88 valence electrons. The molecule has 2 rings (SSSR count). The largest absolute Gasteiger partial charge is 0.380 e. The Morgan fingerprint density at radius 2 is 2.06 bits per heavy atom. The summed E-state index contributed by atoms with van der Waals surface area (Å²) in [5, 5.41) is 3.67. The SMILES string of the molecule is COCc1cccc(Nc2cccc(Cl)n2)c1. The Kier molecular flexibility index (Phi) is 3.96. The van der Waals surface area contributed by atoms with E-state index in [1.54, 1.807) is 13.2 Å². The average molecular weight is 249 g/mol. The molecule has 1 aromatic carbocycles. The second-order valence-electron chi connectivity index (χ2n) is 3.60. The number of methoxy groups -OCH3 is 1. The molecule has 0 spiro atoms. The number of aromatic nitrogens is 1. The normalized spacial score (nSPS) is 10.2. The molecular formula is C13H13ClN2O. The van der Waals surface area contributed by atoms with Crippen LogP contribution in [0.15, 0.2) is 42.5 Å². The molecule has 0 radical (unpaired) electrons. The highest BCUT2D eigenvalue weighted by Crippen LogP contribution is 2.17. The van der Waals surface area contributed by atoms with Crippen LogP contribution in [-0.2, 0) is 11.3 Å². The highest BCUT2D eigenvalue weighted by molar-refractivity contribution is 6.29. The lowest BCUT2D eigenvalue weighted by molar-refractivity contribution is 0.185. The van der Waals surface area contributed by atoms with Crippen LogP contribution in [0.5, 0.6) is 0 Å². The minimum absolute atomic E-state index is 0.475. The number of rotatable bonds is 4. The van der Waals surface area contributed by atoms with Crippen LogP contribution in [-0.4, -0.2) is 12.1 Å². The van der Waals surface area contributed by atoms with Crippen molar-refractivity contribution < 1.29 is 4.74 Å². The van der Waals surface area contributed by atoms with Gasteiger partial charge in [0.05, 0.1) is 6.61 Å². The monoisotopic (exact) mass is 248 g/mol. The molecule has 2 aromatic rings. The first kappa shape index (κ1) is 11.9. The van der Waals surface area contributed by atoms with E-state index >= 15 is 0 Å². The maximum Gasteiger partial charge on any atom is 0.132 e. The van der Waals surface area contributed by atoms with Crippen LogP contribution in [0, 0.1) is 0 Å². The second kappa shape index (κ2) is 5.66. The van der Waals surface area contributed by atoms with Crippen molar-refractivity contribution >= 4 is 23.1 Å². The van der Waals surface area contributed by atoms with E-state index in [9.17, 15) is 0 Å². The quantitative estimate of drug-likeness (QED) is 0.839. The lowest BCUT2D eigenvalue weighted by Crippen LogP contribution is -1.95. The van der Waals surface area contributed by atoms with Gasteiger partial charge in [-0.1, -0.05) is 29.8 Å². The zero-order chi connectivity index (χ0) is 12.1. The van der Waals surface area contributed by atoms with Crippen molar-refractivity contribution in [2.45, 2.75) is 6.61 Å². The van der Waals surface area contributed by atoms with E-state index in [2.05, 4.69) is 10.3 Å². The molecule has 0 amide bonds. The Balaban J connectivity index is 2.15. The Morgan fingerprint density at radius 1 is 1.24 bits per heavy atom. The third-order valence-electron chi connectivity index (χ3n) is 2.23. The van der Waals surface area contributed by atoms with Crippen LogP contribution < -0.4 is 5.32 Å². The van der Waals surface area contributed by atoms with E-state index in [4.69, 9.17) is 16.3 Å². The minimum atomic E-state index is 0.475. The van der Waals surface area contributed by atoms with Crippen LogP contribution in [0.2, 0.25) is 5.15 Å². The molecule has 0 atom stereocenters. The fraction of sp³-hybridized carbons (Fsp3) is 0.154. The number of halogens is 1. The molecule has 1 N–H and O–H groups in total. The van der Waals surface area contributed by atoms with Gasteiger partial charge in [0, 0.05) is 12.8 Å². The van der Waals surface area contributed by atoms with Crippen LogP contribution in [0.4, 0.5) is 11.5 Å². The van der Waals surface area contributed by atoms with Crippen molar-refractivity contribution in [3.8, 4) is 0 Å². The van der Waals surface area contributed by atoms with Gasteiger partial charge in [-0.3, -0.25) is 0 Å². The predicted molar refractivity (Wildman–Crippen MR) is 69.7 cm³/mol. The smallest absolute Gasteiger partial charge is 0.132 e. The zero-order valence-corrected chi connectivity index (χ0v) is 10.2. The summed E-state index contributed by atoms with van der Waals surface area (Å²) in [4.78, 5) is 4.17. The van der Waals surface area contributed by atoms with Crippen LogP contribution >= 0.6 is 11.6 Å². The van der Waals surface area contributed by atoms with E-state index in [0.29, 0.717) is 11.8 Å². The summed E-state index contributed by atoms with van der Waals surface area (Å²) >= 11 is 5.82. The van der Waals surface area contributed by atoms with Crippen LogP contribution in [0.1, 0.15) is 5.56 Å². The number of hydrogen-bond acceptors (Lipinski definition) is 3. The average Bonchev–Trinajstić information content (AvgIpc) is 2.30. The van der Waals surface area contributed by atoms with E-state index in [0.717, 1.165) is 17.1 Å². The molecule has 1 heterocycles. The van der Waals surface area contributed by atoms with Gasteiger partial charge in [0.25, 0.3) is 0 Å². The Morgan fingerprint density at radius 3 is 2.82 bits per heavy atom. The third kappa shape index (κ3) is 3.44. The molecule has 0 saturated heterocycles. The fourth-order valence-electron chi connectivity index (χ4n) is 1.53. The van der Waals surface area contributed by atoms with E-state index in [1.807, 2.05) is 36.4 Å². The van der Waals surface area contributed by atoms with Crippen molar-refractivity contribution in [3.05, 3.63) is 53.2 Å². The Bertz CT molecular complexity index is 502. The second-order valence-corrected chi connectivity index (χ2v) is 3.99. The summed E-state index contributed by atoms with van der Waals surface area (Å²) in [5.74, 6) is 0.729. The number of hydrogen-bond donors (Lipinski definition) is 1. The number of benzene rings is 1. The standard InChI is InChI=1S/C13H13ClN2O/c1-17-9-10-4-2-5-11(8-10)15-13-7-3-6-12(14)16-13/h2-8H,9H2,1H3,(H,15,16). The summed E-state index contributed by atoms with van der Waals surface area (Å²) < 4.78 is 5.09. The van der Waals surface area contributed by atoms with Gasteiger partial charge in [-0.15, -0.1) is 0 Å². The van der Waals surface area contributed by atoms with Crippen molar-refractivity contribution in [1.29, 1.82) is 0 Å². The molecule has 0 aliphatic rings. The van der Waals surface area contributed by atoms with Gasteiger partial charge in [0.1, 0.15) is 11.0 Å². The lowest BCUT2D eigenvalue weighted by atomic mass is 10.2. The first-order valence-electron chi connectivity index (χ1n) is 5.25. The molecular weight excluding hydrogens is 236 g/mol. The number of nitrogens with one attached hydrogen (secondary N) is 1. The van der Waals surface area contributed by atoms with Crippen molar-refractivity contribution in [3.63, 3.8) is 0 Å². The first-order valence-corrected chi connectivity index (χ1v) is 5.63. The summed E-state index contributed by atoms with van der Waals surface area (Å²) in [6.45, 7) is 0.596. The molecule has 1 aromatic heterocycles. The number of nitrogens with zero attached hydrogens (tertiary/aromatic N) is 1. The van der Waals surface area contributed by atoms with Crippen LogP contribution in [0.3, 0.4) is 0 Å². The third-order valence-corrected chi connectivity index (χ3v) is 2.44. The lowest BCUT2D eigenvalue weighted by Gasteiger charge is -2.07. The Hall–Kier alpha value is -1.58. The summed E-state index contributed by atoms with van der Waals surface area (Å²) in [6, 6.07) is 13.5. The van der Waals surface area contributed by atoms with Crippen molar-refractivity contribution in [1.82, 2.24) is 4.98 Å². The first-order chi connectivity index (χ1) is 8.28. The summed E-state index contributed by atoms with van der Waals surface area (Å²) in [5.41, 5.74) is 2.08. The van der Waals surface area contributed by atoms with Gasteiger partial charge >= 0.3 is 0 Å². The van der Waals surface area contributed by atoms with Gasteiger partial charge < -0.3 is 10.1 Å². The van der Waals surface area contributed by atoms with Gasteiger partial charge in [-0.2, -0.15) is 0 Å². The molecule has 0 bridgehead atoms. The molecule has 0 unspecified atom stereocenters. The highest BCUT2D eigenvalue weighted by Gasteiger charge is 1.98. The maximum atomic E-state index is 5.82. The molecule has 3 nitrogen and oxygen atoms in total. The number of anilines is 2. The van der Waals surface area contributed by atoms with Gasteiger partial charge in [0.15, 0.2) is 0 Å². The van der Waals surface area contributed by atoms with Gasteiger partial charge in [-0.05, 0) is 29.8 Å². The molecule has 17 heavy (non-hydrogen) atoms. The van der Waals surface area contributed by atoms with Crippen molar-refractivity contribution in [2.24, 2.45) is 0 Å². The van der Waals surface area contributed by atoms with Crippen LogP contribution in [0.25, 0.3) is 0 Å². The highest BCUT2D eigenvalue weighted by atomic mass is 35.5. The zero-order valence-electron chi connectivity index (χ0n) is 9.48. The molecule has 0 fully saturated rings. The van der Waals surface area contributed by atoms with Crippen molar-refractivity contribution in [2.75, 3.05) is 12.4 Å². The summed E-state index contributed by atoms with van der Waals surface area (Å²) in [6.07, 6.45) is 0. The maximum absolute atomic E-state index is 5.82. The topological polar surface area (TPSA) is 34.1 Å². The van der Waals surface area contributed by atoms with E-state index in [1.165, 1.54) is 0 Å².